The van der Waals surface area contributed by atoms with Crippen molar-refractivity contribution in [3.63, 3.8) is 0 Å². The van der Waals surface area contributed by atoms with Gasteiger partial charge in [-0.2, -0.15) is 13.2 Å². The summed E-state index contributed by atoms with van der Waals surface area (Å²) in [6.45, 7) is 4.43. The van der Waals surface area contributed by atoms with Gasteiger partial charge >= 0.3 is 6.18 Å². The third-order valence-electron chi connectivity index (χ3n) is 6.26. The molecule has 0 radical (unpaired) electrons. The molecule has 3 aromatic rings. The Kier molecular flexibility index (Phi) is 11.0. The number of benzene rings is 3. The van der Waals surface area contributed by atoms with Crippen LogP contribution in [0.3, 0.4) is 0 Å². The minimum absolute atomic E-state index is 0.0762. The van der Waals surface area contributed by atoms with Crippen LogP contribution in [0.5, 0.6) is 0 Å². The number of amides is 2. The largest absolute Gasteiger partial charge is 0.417 e. The number of alkyl halides is 3. The van der Waals surface area contributed by atoms with Crippen LogP contribution in [0.2, 0.25) is 5.02 Å². The van der Waals surface area contributed by atoms with Gasteiger partial charge in [0.1, 0.15) is 12.6 Å². The van der Waals surface area contributed by atoms with Crippen molar-refractivity contribution >= 4 is 55.1 Å². The Morgan fingerprint density at radius 3 is 2.09 bits per heavy atom. The van der Waals surface area contributed by atoms with E-state index in [9.17, 15) is 31.2 Å². The molecule has 3 rings (SSSR count). The van der Waals surface area contributed by atoms with Gasteiger partial charge in [-0.05, 0) is 62.2 Å². The summed E-state index contributed by atoms with van der Waals surface area (Å²) < 4.78 is 67.9. The zero-order valence-electron chi connectivity index (χ0n) is 24.0. The normalized spacial score (nSPS) is 12.9. The van der Waals surface area contributed by atoms with Crippen LogP contribution in [0.1, 0.15) is 37.5 Å². The van der Waals surface area contributed by atoms with Gasteiger partial charge < -0.3 is 10.2 Å². The molecule has 0 aromatic heterocycles. The third-order valence-corrected chi connectivity index (χ3v) is 8.26. The van der Waals surface area contributed by atoms with Gasteiger partial charge in [-0.1, -0.05) is 70.0 Å². The smallest absolute Gasteiger partial charge is 0.350 e. The number of carbonyl (C=O) groups excluding carboxylic acids is 2. The van der Waals surface area contributed by atoms with E-state index in [2.05, 4.69) is 21.2 Å². The lowest BCUT2D eigenvalue weighted by atomic mass is 10.0. The zero-order chi connectivity index (χ0) is 32.2. The van der Waals surface area contributed by atoms with Crippen molar-refractivity contribution in [1.29, 1.82) is 0 Å². The number of carbonyl (C=O) groups is 2. The summed E-state index contributed by atoms with van der Waals surface area (Å²) in [5, 5.41) is 2.29. The predicted molar refractivity (Wildman–Crippen MR) is 165 cm³/mol. The standard InChI is InChI=1S/C30H32BrClF3N3O4S/c1-29(2,3)36-28(40)26(16-20-8-6-5-7-9-20)37(18-21-10-12-22(31)13-11-21)27(39)19-38(43(4,41)42)23-14-15-25(32)24(17-23)30(33,34)35/h5-15,17,26H,16,18-19H2,1-4H3,(H,36,40)/t26-/m1/s1. The Hall–Kier alpha value is -3.09. The van der Waals surface area contributed by atoms with E-state index in [0.717, 1.165) is 28.4 Å². The molecule has 3 aromatic carbocycles. The summed E-state index contributed by atoms with van der Waals surface area (Å²) in [7, 11) is -4.27. The summed E-state index contributed by atoms with van der Waals surface area (Å²) in [6.07, 6.45) is -3.97. The Morgan fingerprint density at radius 2 is 1.56 bits per heavy atom. The van der Waals surface area contributed by atoms with Crippen molar-refractivity contribution in [1.82, 2.24) is 10.2 Å². The van der Waals surface area contributed by atoms with Crippen molar-refractivity contribution < 1.29 is 31.2 Å². The van der Waals surface area contributed by atoms with Gasteiger partial charge in [0, 0.05) is 23.0 Å². The van der Waals surface area contributed by atoms with Crippen LogP contribution in [0.25, 0.3) is 0 Å². The first-order valence-corrected chi connectivity index (χ1v) is 16.1. The number of nitrogens with one attached hydrogen (secondary N) is 1. The van der Waals surface area contributed by atoms with Gasteiger partial charge in [0.15, 0.2) is 0 Å². The fourth-order valence-corrected chi connectivity index (χ4v) is 5.62. The first kappa shape index (κ1) is 34.4. The van der Waals surface area contributed by atoms with Gasteiger partial charge in [0.2, 0.25) is 21.8 Å². The number of hydrogen-bond donors (Lipinski definition) is 1. The fourth-order valence-electron chi connectivity index (χ4n) is 4.29. The molecule has 0 bridgehead atoms. The first-order valence-electron chi connectivity index (χ1n) is 13.1. The predicted octanol–water partition coefficient (Wildman–Crippen LogP) is 6.44. The molecule has 2 amide bonds. The molecule has 43 heavy (non-hydrogen) atoms. The lowest BCUT2D eigenvalue weighted by Gasteiger charge is -2.35. The van der Waals surface area contributed by atoms with Gasteiger partial charge in [0.05, 0.1) is 22.5 Å². The van der Waals surface area contributed by atoms with Crippen molar-refractivity contribution in [2.45, 2.75) is 51.5 Å². The number of anilines is 1. The molecule has 0 fully saturated rings. The molecule has 0 aliphatic rings. The molecule has 0 aliphatic heterocycles. The second-order valence-electron chi connectivity index (χ2n) is 11.0. The highest BCUT2D eigenvalue weighted by Gasteiger charge is 2.37. The molecule has 232 valence electrons. The summed E-state index contributed by atoms with van der Waals surface area (Å²) in [5.41, 5.74) is -0.900. The minimum atomic E-state index is -4.86. The maximum absolute atomic E-state index is 14.1. The van der Waals surface area contributed by atoms with Crippen LogP contribution in [0, 0.1) is 0 Å². The second kappa shape index (κ2) is 13.7. The van der Waals surface area contributed by atoms with Crippen LogP contribution >= 0.6 is 27.5 Å². The topological polar surface area (TPSA) is 86.8 Å². The van der Waals surface area contributed by atoms with Crippen LogP contribution in [0.4, 0.5) is 18.9 Å². The SMILES string of the molecule is CC(C)(C)NC(=O)[C@@H](Cc1ccccc1)N(Cc1ccc(Br)cc1)C(=O)CN(c1ccc(Cl)c(C(F)(F)F)c1)S(C)(=O)=O. The van der Waals surface area contributed by atoms with E-state index < -0.39 is 62.4 Å². The molecule has 0 saturated heterocycles. The van der Waals surface area contributed by atoms with Gasteiger partial charge in [-0.15, -0.1) is 0 Å². The van der Waals surface area contributed by atoms with Crippen LogP contribution < -0.4 is 9.62 Å². The lowest BCUT2D eigenvalue weighted by Crippen LogP contribution is -2.56. The average Bonchev–Trinajstić information content (AvgIpc) is 2.89. The second-order valence-corrected chi connectivity index (χ2v) is 14.3. The highest BCUT2D eigenvalue weighted by Crippen LogP contribution is 2.37. The third kappa shape index (κ3) is 9.97. The monoisotopic (exact) mass is 701 g/mol. The van der Waals surface area contributed by atoms with Crippen molar-refractivity contribution in [2.75, 3.05) is 17.1 Å². The molecular formula is C30H32BrClF3N3O4S. The van der Waals surface area contributed by atoms with Gasteiger partial charge in [0.25, 0.3) is 0 Å². The molecule has 1 atom stereocenters. The number of rotatable bonds is 10. The Labute approximate surface area is 263 Å². The maximum Gasteiger partial charge on any atom is 0.417 e. The Balaban J connectivity index is 2.11. The first-order chi connectivity index (χ1) is 19.8. The summed E-state index contributed by atoms with van der Waals surface area (Å²) >= 11 is 9.12. The van der Waals surface area contributed by atoms with E-state index in [1.165, 1.54) is 4.90 Å². The van der Waals surface area contributed by atoms with Crippen molar-refractivity contribution in [2.24, 2.45) is 0 Å². The minimum Gasteiger partial charge on any atom is -0.350 e. The van der Waals surface area contributed by atoms with Crippen molar-refractivity contribution in [3.05, 3.63) is 99.0 Å². The molecule has 0 unspecified atom stereocenters. The Morgan fingerprint density at radius 1 is 0.953 bits per heavy atom. The molecule has 7 nitrogen and oxygen atoms in total. The van der Waals surface area contributed by atoms with E-state index in [-0.39, 0.29) is 13.0 Å². The van der Waals surface area contributed by atoms with Crippen LogP contribution in [-0.4, -0.2) is 49.5 Å². The molecule has 0 heterocycles. The molecule has 0 saturated carbocycles. The number of nitrogens with zero attached hydrogens (tertiary/aromatic N) is 2. The average molecular weight is 703 g/mol. The molecule has 0 spiro atoms. The van der Waals surface area contributed by atoms with Gasteiger partial charge in [-0.25, -0.2) is 8.42 Å². The number of hydrogen-bond acceptors (Lipinski definition) is 4. The van der Waals surface area contributed by atoms with E-state index in [1.807, 2.05) is 6.07 Å². The van der Waals surface area contributed by atoms with E-state index in [1.54, 1.807) is 69.3 Å². The zero-order valence-corrected chi connectivity index (χ0v) is 27.1. The van der Waals surface area contributed by atoms with Crippen molar-refractivity contribution in [3.8, 4) is 0 Å². The van der Waals surface area contributed by atoms with E-state index in [0.29, 0.717) is 15.9 Å². The molecular weight excluding hydrogens is 671 g/mol. The summed E-state index contributed by atoms with van der Waals surface area (Å²) in [5.74, 6) is -1.26. The highest BCUT2D eigenvalue weighted by molar-refractivity contribution is 9.10. The number of sulfonamides is 1. The quantitative estimate of drug-likeness (QED) is 0.264. The Bertz CT molecular complexity index is 1550. The summed E-state index contributed by atoms with van der Waals surface area (Å²) in [4.78, 5) is 29.1. The van der Waals surface area contributed by atoms with Crippen LogP contribution in [-0.2, 0) is 38.8 Å². The number of halogens is 5. The lowest BCUT2D eigenvalue weighted by molar-refractivity contribution is -0.140. The fraction of sp³-hybridized carbons (Fsp3) is 0.333. The van der Waals surface area contributed by atoms with E-state index in [4.69, 9.17) is 11.6 Å². The highest BCUT2D eigenvalue weighted by atomic mass is 79.9. The van der Waals surface area contributed by atoms with Gasteiger partial charge in [-0.3, -0.25) is 13.9 Å². The van der Waals surface area contributed by atoms with E-state index >= 15 is 0 Å². The van der Waals surface area contributed by atoms with Crippen LogP contribution in [0.15, 0.2) is 77.3 Å². The summed E-state index contributed by atoms with van der Waals surface area (Å²) in [6, 6.07) is 17.5. The molecule has 1 N–H and O–H groups in total. The molecule has 0 aliphatic carbocycles. The molecule has 13 heteroatoms. The maximum atomic E-state index is 14.1.